The van der Waals surface area contributed by atoms with E-state index in [0.717, 1.165) is 29.7 Å². The van der Waals surface area contributed by atoms with Gasteiger partial charge in [-0.15, -0.1) is 0 Å². The molecule has 1 aliphatic carbocycles. The van der Waals surface area contributed by atoms with E-state index in [1.54, 1.807) is 24.4 Å². The number of aromatic hydroxyl groups is 1. The van der Waals surface area contributed by atoms with Crippen LogP contribution >= 0.6 is 0 Å². The van der Waals surface area contributed by atoms with Gasteiger partial charge in [0.15, 0.2) is 0 Å². The smallest absolute Gasteiger partial charge is 0.236 e. The minimum Gasteiger partial charge on any atom is -0.507 e. The van der Waals surface area contributed by atoms with Gasteiger partial charge in [-0.3, -0.25) is 9.59 Å². The number of likely N-dealkylation sites (N-methyl/N-ethyl adjacent to an activating group) is 2. The van der Waals surface area contributed by atoms with E-state index in [1.165, 1.54) is 0 Å². The number of carbonyl (C=O) groups is 2. The first-order valence-corrected chi connectivity index (χ1v) is 10.1. The number of aromatic nitrogens is 2. The summed E-state index contributed by atoms with van der Waals surface area (Å²) in [6, 6.07) is 5.26. The normalized spacial score (nSPS) is 13.9. The van der Waals surface area contributed by atoms with Crippen LogP contribution in [0.2, 0.25) is 0 Å². The zero-order chi connectivity index (χ0) is 21.4. The van der Waals surface area contributed by atoms with Crippen molar-refractivity contribution in [3.05, 3.63) is 52.5 Å². The molecule has 0 saturated heterocycles. The summed E-state index contributed by atoms with van der Waals surface area (Å²) in [7, 11) is 5.80. The van der Waals surface area contributed by atoms with Crippen molar-refractivity contribution < 1.29 is 14.7 Å². The van der Waals surface area contributed by atoms with Crippen LogP contribution in [0.5, 0.6) is 5.75 Å². The molecule has 4 N–H and O–H groups in total. The van der Waals surface area contributed by atoms with Crippen LogP contribution in [0.25, 0.3) is 22.6 Å². The Morgan fingerprint density at radius 1 is 1.13 bits per heavy atom. The fraction of sp³-hybridized carbons (Fsp3) is 0.304. The molecule has 0 spiro atoms. The summed E-state index contributed by atoms with van der Waals surface area (Å²) >= 11 is 0. The second kappa shape index (κ2) is 7.93. The van der Waals surface area contributed by atoms with Crippen molar-refractivity contribution in [3.8, 4) is 5.75 Å². The number of rotatable bonds is 7. The van der Waals surface area contributed by atoms with E-state index in [4.69, 9.17) is 0 Å². The number of hydrogen-bond donors (Lipinski definition) is 4. The van der Waals surface area contributed by atoms with Crippen molar-refractivity contribution in [1.82, 2.24) is 20.2 Å². The van der Waals surface area contributed by atoms with Crippen LogP contribution in [0.4, 0.5) is 0 Å². The largest absolute Gasteiger partial charge is 0.507 e. The molecule has 0 bridgehead atoms. The van der Waals surface area contributed by atoms with Gasteiger partial charge in [-0.2, -0.15) is 0 Å². The first-order valence-electron chi connectivity index (χ1n) is 10.1. The fourth-order valence-corrected chi connectivity index (χ4v) is 4.06. The Bertz CT molecular complexity index is 1170. The molecule has 0 amide bonds. The lowest BCUT2D eigenvalue weighted by Crippen LogP contribution is -2.23. The molecule has 156 valence electrons. The zero-order valence-electron chi connectivity index (χ0n) is 17.4. The molecule has 0 fully saturated rings. The molecule has 30 heavy (non-hydrogen) atoms. The van der Waals surface area contributed by atoms with Crippen molar-refractivity contribution in [2.75, 3.05) is 34.2 Å². The van der Waals surface area contributed by atoms with E-state index < -0.39 is 11.6 Å². The molecule has 0 unspecified atom stereocenters. The summed E-state index contributed by atoms with van der Waals surface area (Å²) in [5.74, 6) is -0.852. The molecule has 0 aliphatic heterocycles. The van der Waals surface area contributed by atoms with Crippen LogP contribution in [0.3, 0.4) is 0 Å². The third-order valence-electron chi connectivity index (χ3n) is 5.59. The maximum absolute atomic E-state index is 13.1. The van der Waals surface area contributed by atoms with Crippen molar-refractivity contribution in [2.24, 2.45) is 0 Å². The molecular formula is C23H26N4O3. The number of carbonyl (C=O) groups excluding carboxylic acids is 2. The van der Waals surface area contributed by atoms with Crippen LogP contribution in [-0.4, -0.2) is 65.8 Å². The lowest BCUT2D eigenvalue weighted by molar-refractivity contribution is -0.110. The summed E-state index contributed by atoms with van der Waals surface area (Å²) in [5.41, 5.74) is 4.48. The molecule has 1 aromatic carbocycles. The highest BCUT2D eigenvalue weighted by Crippen LogP contribution is 2.37. The topological polar surface area (TPSA) is 101 Å². The highest BCUT2D eigenvalue weighted by atomic mass is 16.3. The van der Waals surface area contributed by atoms with Crippen molar-refractivity contribution in [1.29, 1.82) is 0 Å². The third-order valence-corrected chi connectivity index (χ3v) is 5.59. The number of nitrogens with one attached hydrogen (secondary N) is 3. The first-order chi connectivity index (χ1) is 14.4. The van der Waals surface area contributed by atoms with Crippen LogP contribution in [0.1, 0.15) is 32.9 Å². The maximum atomic E-state index is 13.1. The molecule has 0 saturated carbocycles. The molecule has 2 aromatic heterocycles. The fourth-order valence-electron chi connectivity index (χ4n) is 4.06. The number of phenolic OH excluding ortho intramolecular Hbond substituents is 1. The van der Waals surface area contributed by atoms with Crippen molar-refractivity contribution in [2.45, 2.75) is 12.8 Å². The first kappa shape index (κ1) is 20.1. The monoisotopic (exact) mass is 406 g/mol. The van der Waals surface area contributed by atoms with E-state index in [1.807, 2.05) is 32.1 Å². The van der Waals surface area contributed by atoms with Gasteiger partial charge >= 0.3 is 0 Å². The Hall–Kier alpha value is -3.16. The Labute approximate surface area is 174 Å². The van der Waals surface area contributed by atoms with Crippen LogP contribution in [0, 0.1) is 0 Å². The average molecular weight is 406 g/mol. The summed E-state index contributed by atoms with van der Waals surface area (Å²) < 4.78 is 0. The van der Waals surface area contributed by atoms with E-state index in [-0.39, 0.29) is 5.75 Å². The number of phenols is 1. The molecule has 0 atom stereocenters. The van der Waals surface area contributed by atoms with E-state index in [2.05, 4.69) is 15.3 Å². The second-order valence-electron chi connectivity index (χ2n) is 7.90. The molecule has 1 aliphatic rings. The number of Topliss-reactive ketones (excluding diaryl/α,β-unsaturated/α-hetero) is 2. The number of benzene rings is 1. The predicted octanol–water partition coefficient (Wildman–Crippen LogP) is 2.37. The quantitative estimate of drug-likeness (QED) is 0.451. The van der Waals surface area contributed by atoms with Gasteiger partial charge in [-0.05, 0) is 69.9 Å². The van der Waals surface area contributed by atoms with Crippen molar-refractivity contribution >= 4 is 34.1 Å². The Balaban J connectivity index is 1.86. The lowest BCUT2D eigenvalue weighted by atomic mass is 9.88. The Morgan fingerprint density at radius 3 is 2.67 bits per heavy atom. The number of H-pyrrole nitrogens is 2. The summed E-state index contributed by atoms with van der Waals surface area (Å²) in [5, 5.41) is 14.2. The molecule has 7 nitrogen and oxygen atoms in total. The van der Waals surface area contributed by atoms with Crippen LogP contribution in [-0.2, 0) is 17.6 Å². The summed E-state index contributed by atoms with van der Waals surface area (Å²) in [4.78, 5) is 34.6. The molecule has 3 aromatic rings. The van der Waals surface area contributed by atoms with Gasteiger partial charge in [0.05, 0.1) is 22.5 Å². The molecule has 0 radical (unpaired) electrons. The number of aromatic amines is 2. The average Bonchev–Trinajstić information content (AvgIpc) is 3.29. The molecule has 7 heteroatoms. The second-order valence-corrected chi connectivity index (χ2v) is 7.90. The summed E-state index contributed by atoms with van der Waals surface area (Å²) in [6.45, 7) is 1.46. The third kappa shape index (κ3) is 3.36. The van der Waals surface area contributed by atoms with Gasteiger partial charge in [0.2, 0.25) is 11.6 Å². The van der Waals surface area contributed by atoms with Crippen LogP contribution < -0.4 is 5.32 Å². The van der Waals surface area contributed by atoms with Crippen molar-refractivity contribution in [3.63, 3.8) is 0 Å². The Kier molecular flexibility index (Phi) is 5.32. The molecule has 4 rings (SSSR count). The number of ketones is 2. The van der Waals surface area contributed by atoms with Gasteiger partial charge in [0, 0.05) is 23.6 Å². The lowest BCUT2D eigenvalue weighted by Gasteiger charge is -2.15. The molecular weight excluding hydrogens is 380 g/mol. The standard InChI is InChI=1S/C23H26N4O3/c1-24-9-7-13-12-25-17-11-15(22(29)23(30)19(13)17)21-14(8-10-27(2)3)20-16(26-21)5-4-6-18(20)28/h4-6,11-12,24-26,28H,7-10H2,1-3H3. The SMILES string of the molecule is CNCCc1c[nH]c2c1C(=O)C(=O)C(c1[nH]c3cccc(O)c3c1CCN(C)C)=C2. The molecule has 2 heterocycles. The van der Waals surface area contributed by atoms with E-state index >= 15 is 0 Å². The van der Waals surface area contributed by atoms with Gasteiger partial charge < -0.3 is 25.3 Å². The minimum atomic E-state index is -0.523. The van der Waals surface area contributed by atoms with Gasteiger partial charge in [0.25, 0.3) is 0 Å². The number of allylic oxidation sites excluding steroid dienone is 1. The minimum absolute atomic E-state index is 0.161. The zero-order valence-corrected chi connectivity index (χ0v) is 17.4. The number of fused-ring (bicyclic) bond motifs is 2. The number of nitrogens with zero attached hydrogens (tertiary/aromatic N) is 1. The van der Waals surface area contributed by atoms with E-state index in [0.29, 0.717) is 40.8 Å². The van der Waals surface area contributed by atoms with Gasteiger partial charge in [0.1, 0.15) is 5.75 Å². The predicted molar refractivity (Wildman–Crippen MR) is 118 cm³/mol. The number of hydrogen-bond acceptors (Lipinski definition) is 5. The van der Waals surface area contributed by atoms with Gasteiger partial charge in [-0.1, -0.05) is 6.07 Å². The highest BCUT2D eigenvalue weighted by molar-refractivity contribution is 6.61. The Morgan fingerprint density at radius 2 is 1.93 bits per heavy atom. The van der Waals surface area contributed by atoms with Gasteiger partial charge in [-0.25, -0.2) is 0 Å². The van der Waals surface area contributed by atoms with Crippen LogP contribution in [0.15, 0.2) is 24.4 Å². The van der Waals surface area contributed by atoms with E-state index in [9.17, 15) is 14.7 Å². The maximum Gasteiger partial charge on any atom is 0.236 e. The summed E-state index contributed by atoms with van der Waals surface area (Å²) in [6.07, 6.45) is 4.85. The highest BCUT2D eigenvalue weighted by Gasteiger charge is 2.33.